The van der Waals surface area contributed by atoms with Crippen LogP contribution in [-0.4, -0.2) is 70.9 Å². The van der Waals surface area contributed by atoms with Gasteiger partial charge in [0, 0.05) is 36.8 Å². The SMILES string of the molecule is CN1CCCCCCC(=O)N(CC(=O)Nc2ccc3c(c2)CC2(C3)C(=O)Nc3ncccc32)C(C)(C2=CC(F)=CC(F)C2)C1. The first-order valence-electron chi connectivity index (χ1n) is 15.5. The van der Waals surface area contributed by atoms with Crippen LogP contribution in [0.25, 0.3) is 0 Å². The zero-order valence-corrected chi connectivity index (χ0v) is 25.3. The molecule has 1 fully saturated rings. The molecule has 232 valence electrons. The number of pyridine rings is 1. The van der Waals surface area contributed by atoms with Crippen molar-refractivity contribution >= 4 is 29.2 Å². The summed E-state index contributed by atoms with van der Waals surface area (Å²) < 4.78 is 29.1. The van der Waals surface area contributed by atoms with Gasteiger partial charge in [-0.2, -0.15) is 0 Å². The Labute approximate surface area is 256 Å². The maximum Gasteiger partial charge on any atom is 0.244 e. The van der Waals surface area contributed by atoms with Gasteiger partial charge in [-0.05, 0) is 93.3 Å². The Morgan fingerprint density at radius 2 is 1.93 bits per heavy atom. The topological polar surface area (TPSA) is 94.6 Å². The normalized spacial score (nSPS) is 27.6. The second-order valence-electron chi connectivity index (χ2n) is 12.9. The van der Waals surface area contributed by atoms with Crippen molar-refractivity contribution in [3.8, 4) is 0 Å². The van der Waals surface area contributed by atoms with Crippen molar-refractivity contribution in [3.63, 3.8) is 0 Å². The molecule has 1 saturated heterocycles. The van der Waals surface area contributed by atoms with Gasteiger partial charge in [0.1, 0.15) is 24.4 Å². The van der Waals surface area contributed by atoms with Crippen LogP contribution in [0.15, 0.2) is 60.1 Å². The van der Waals surface area contributed by atoms with Crippen LogP contribution in [0.3, 0.4) is 0 Å². The third-order valence-electron chi connectivity index (χ3n) is 9.68. The molecule has 10 heteroatoms. The van der Waals surface area contributed by atoms with E-state index in [9.17, 15) is 23.2 Å². The van der Waals surface area contributed by atoms with Crippen molar-refractivity contribution in [2.24, 2.45) is 0 Å². The van der Waals surface area contributed by atoms with Crippen LogP contribution < -0.4 is 10.6 Å². The Hall–Kier alpha value is -3.92. The van der Waals surface area contributed by atoms with Crippen molar-refractivity contribution in [1.82, 2.24) is 14.8 Å². The molecule has 2 aliphatic heterocycles. The number of anilines is 2. The molecule has 4 aliphatic rings. The summed E-state index contributed by atoms with van der Waals surface area (Å²) in [5.74, 6) is -0.754. The minimum atomic E-state index is -1.50. The predicted molar refractivity (Wildman–Crippen MR) is 165 cm³/mol. The molecular formula is C34H39F2N5O3. The number of likely N-dealkylation sites (N-methyl/N-ethyl adjacent to an activating group) is 1. The Morgan fingerprint density at radius 3 is 2.75 bits per heavy atom. The molecule has 2 aromatic rings. The average molecular weight is 604 g/mol. The number of aromatic nitrogens is 1. The van der Waals surface area contributed by atoms with E-state index in [0.29, 0.717) is 42.9 Å². The number of fused-ring (bicyclic) bond motifs is 3. The van der Waals surface area contributed by atoms with Gasteiger partial charge < -0.3 is 20.4 Å². The number of carbonyl (C=O) groups excluding carboxylic acids is 3. The van der Waals surface area contributed by atoms with E-state index < -0.39 is 28.9 Å². The Kier molecular flexibility index (Phi) is 8.13. The molecule has 3 atom stereocenters. The second kappa shape index (κ2) is 11.9. The minimum absolute atomic E-state index is 0.0397. The van der Waals surface area contributed by atoms with E-state index in [1.54, 1.807) is 6.20 Å². The minimum Gasteiger partial charge on any atom is -0.325 e. The second-order valence-corrected chi connectivity index (χ2v) is 12.9. The maximum atomic E-state index is 14.6. The molecule has 3 amide bonds. The molecule has 0 bridgehead atoms. The van der Waals surface area contributed by atoms with Gasteiger partial charge in [0.25, 0.3) is 0 Å². The van der Waals surface area contributed by atoms with Gasteiger partial charge in [0.15, 0.2) is 0 Å². The van der Waals surface area contributed by atoms with Crippen molar-refractivity contribution < 1.29 is 23.2 Å². The van der Waals surface area contributed by atoms with Gasteiger partial charge in [-0.25, -0.2) is 13.8 Å². The largest absolute Gasteiger partial charge is 0.325 e. The lowest BCUT2D eigenvalue weighted by atomic mass is 9.79. The molecule has 1 aromatic heterocycles. The standard InChI is InChI=1S/C34H39F2N5O3/c1-33(24-15-25(35)17-26(36)16-24)21-40(2)13-6-4-3-5-9-30(43)41(33)20-29(42)38-27-11-10-22-18-34(19-23(22)14-27)28-8-7-12-37-31(28)39-32(34)44/h7-8,10-12,14-15,17,26H,3-6,9,13,16,18-21H2,1-2H3,(H,38,42)(H,37,39,44). The molecule has 44 heavy (non-hydrogen) atoms. The lowest BCUT2D eigenvalue weighted by molar-refractivity contribution is -0.140. The molecule has 1 spiro atoms. The monoisotopic (exact) mass is 603 g/mol. The molecule has 2 aliphatic carbocycles. The van der Waals surface area contributed by atoms with Crippen molar-refractivity contribution in [1.29, 1.82) is 0 Å². The average Bonchev–Trinajstić information content (AvgIpc) is 3.48. The van der Waals surface area contributed by atoms with Gasteiger partial charge in [-0.1, -0.05) is 25.0 Å². The summed E-state index contributed by atoms with van der Waals surface area (Å²) >= 11 is 0. The zero-order valence-electron chi connectivity index (χ0n) is 25.3. The molecule has 1 aromatic carbocycles. The number of allylic oxidation sites excluding steroid dienone is 3. The van der Waals surface area contributed by atoms with E-state index in [1.807, 2.05) is 44.3 Å². The first-order chi connectivity index (χ1) is 21.1. The Morgan fingerprint density at radius 1 is 1.14 bits per heavy atom. The number of nitrogens with one attached hydrogen (secondary N) is 2. The molecule has 2 N–H and O–H groups in total. The van der Waals surface area contributed by atoms with Crippen molar-refractivity contribution in [2.75, 3.05) is 37.3 Å². The number of rotatable bonds is 4. The third kappa shape index (κ3) is 5.67. The Balaban J connectivity index is 1.25. The summed E-state index contributed by atoms with van der Waals surface area (Å²) in [7, 11) is 1.94. The summed E-state index contributed by atoms with van der Waals surface area (Å²) in [6.07, 6.45) is 7.23. The highest BCUT2D eigenvalue weighted by molar-refractivity contribution is 6.06. The lowest BCUT2D eigenvalue weighted by Crippen LogP contribution is -2.59. The predicted octanol–water partition coefficient (Wildman–Crippen LogP) is 5.01. The van der Waals surface area contributed by atoms with Gasteiger partial charge in [0.2, 0.25) is 17.7 Å². The first kappa shape index (κ1) is 30.1. The lowest BCUT2D eigenvalue weighted by Gasteiger charge is -2.45. The molecule has 0 radical (unpaired) electrons. The van der Waals surface area contributed by atoms with Crippen molar-refractivity contribution in [2.45, 2.75) is 75.4 Å². The van der Waals surface area contributed by atoms with Crippen LogP contribution >= 0.6 is 0 Å². The number of benzene rings is 1. The fourth-order valence-electron chi connectivity index (χ4n) is 7.43. The highest BCUT2D eigenvalue weighted by atomic mass is 19.1. The number of hydrogen-bond acceptors (Lipinski definition) is 5. The summed E-state index contributed by atoms with van der Waals surface area (Å²) in [6.45, 7) is 2.68. The highest BCUT2D eigenvalue weighted by Crippen LogP contribution is 2.47. The van der Waals surface area contributed by atoms with Crippen LogP contribution in [-0.2, 0) is 32.6 Å². The molecule has 3 heterocycles. The quantitative estimate of drug-likeness (QED) is 0.512. The van der Waals surface area contributed by atoms with Crippen LogP contribution in [0.1, 0.15) is 62.1 Å². The summed E-state index contributed by atoms with van der Waals surface area (Å²) in [6, 6.07) is 9.40. The summed E-state index contributed by atoms with van der Waals surface area (Å²) in [5.41, 5.74) is 2.10. The zero-order chi connectivity index (χ0) is 31.1. The number of hydrogen-bond donors (Lipinski definition) is 2. The van der Waals surface area contributed by atoms with Gasteiger partial charge in [0.05, 0.1) is 11.0 Å². The Bertz CT molecular complexity index is 1560. The number of halogens is 2. The smallest absolute Gasteiger partial charge is 0.244 e. The molecule has 0 saturated carbocycles. The highest BCUT2D eigenvalue weighted by Gasteiger charge is 2.51. The number of nitrogens with zero attached hydrogens (tertiary/aromatic N) is 3. The molecule has 3 unspecified atom stereocenters. The van der Waals surface area contributed by atoms with E-state index in [4.69, 9.17) is 0 Å². The maximum absolute atomic E-state index is 14.6. The molecule has 8 nitrogen and oxygen atoms in total. The first-order valence-corrected chi connectivity index (χ1v) is 15.5. The number of amides is 3. The fourth-order valence-corrected chi connectivity index (χ4v) is 7.43. The summed E-state index contributed by atoms with van der Waals surface area (Å²) in [4.78, 5) is 48.4. The van der Waals surface area contributed by atoms with Crippen LogP contribution in [0, 0.1) is 0 Å². The van der Waals surface area contributed by atoms with E-state index in [-0.39, 0.29) is 31.2 Å². The number of alkyl halides is 1. The van der Waals surface area contributed by atoms with E-state index in [2.05, 4.69) is 20.5 Å². The summed E-state index contributed by atoms with van der Waals surface area (Å²) in [5, 5.41) is 5.87. The van der Waals surface area contributed by atoms with Crippen LogP contribution in [0.2, 0.25) is 0 Å². The van der Waals surface area contributed by atoms with Crippen LogP contribution in [0.5, 0.6) is 0 Å². The fraction of sp³-hybridized carbons (Fsp3) is 0.471. The number of carbonyl (C=O) groups is 3. The van der Waals surface area contributed by atoms with Crippen molar-refractivity contribution in [3.05, 3.63) is 76.8 Å². The van der Waals surface area contributed by atoms with Gasteiger partial charge in [-0.3, -0.25) is 14.4 Å². The molecular weight excluding hydrogens is 564 g/mol. The van der Waals surface area contributed by atoms with Gasteiger partial charge >= 0.3 is 0 Å². The van der Waals surface area contributed by atoms with E-state index >= 15 is 0 Å². The van der Waals surface area contributed by atoms with E-state index in [0.717, 1.165) is 48.6 Å². The third-order valence-corrected chi connectivity index (χ3v) is 9.68. The van der Waals surface area contributed by atoms with Crippen LogP contribution in [0.4, 0.5) is 20.3 Å². The van der Waals surface area contributed by atoms with Gasteiger partial charge in [-0.15, -0.1) is 0 Å². The van der Waals surface area contributed by atoms with E-state index in [1.165, 1.54) is 11.0 Å². The molecule has 6 rings (SSSR count).